The number of ether oxygens (including phenoxy) is 1. The summed E-state index contributed by atoms with van der Waals surface area (Å²) in [5.41, 5.74) is 1.79. The molecule has 1 atom stereocenters. The molecular weight excluding hydrogens is 514 g/mol. The predicted octanol–water partition coefficient (Wildman–Crippen LogP) is 4.29. The van der Waals surface area contributed by atoms with E-state index in [0.717, 1.165) is 41.8 Å². The lowest BCUT2D eigenvalue weighted by molar-refractivity contribution is -0.140. The molecule has 0 spiro atoms. The first-order valence-electron chi connectivity index (χ1n) is 12.5. The van der Waals surface area contributed by atoms with Crippen LogP contribution >= 0.6 is 11.6 Å². The highest BCUT2D eigenvalue weighted by Crippen LogP contribution is 2.27. The molecule has 3 rings (SSSR count). The number of carbonyl (C=O) groups is 2. The number of nitrogens with one attached hydrogen (secondary N) is 1. The second-order valence-electron chi connectivity index (χ2n) is 9.48. The molecule has 0 aromatic heterocycles. The van der Waals surface area contributed by atoms with Gasteiger partial charge in [-0.1, -0.05) is 49.6 Å². The number of methoxy groups -OCH3 is 1. The van der Waals surface area contributed by atoms with Crippen molar-refractivity contribution in [2.45, 2.75) is 64.6 Å². The lowest BCUT2D eigenvalue weighted by Gasteiger charge is -2.33. The Morgan fingerprint density at radius 1 is 1.14 bits per heavy atom. The SMILES string of the molecule is CCC(C(=O)NC1CCCC1)N(Cc1ccc(OC)cc1)C(=O)CN(c1cc(Cl)ccc1C)S(C)(=O)=O. The Morgan fingerprint density at radius 2 is 1.78 bits per heavy atom. The van der Waals surface area contributed by atoms with Gasteiger partial charge in [0.05, 0.1) is 19.1 Å². The first-order valence-corrected chi connectivity index (χ1v) is 14.7. The standard InChI is InChI=1S/C27H36ClN3O5S/c1-5-24(27(33)29-22-8-6-7-9-22)30(17-20-11-14-23(36-3)15-12-20)26(32)18-31(37(4,34)35)25-16-21(28)13-10-19(25)2/h10-16,22,24H,5-9,17-18H2,1-4H3,(H,29,33). The Hall–Kier alpha value is -2.78. The second-order valence-corrected chi connectivity index (χ2v) is 11.8. The zero-order valence-corrected chi connectivity index (χ0v) is 23.4. The monoisotopic (exact) mass is 549 g/mol. The summed E-state index contributed by atoms with van der Waals surface area (Å²) >= 11 is 6.16. The third kappa shape index (κ3) is 7.61. The van der Waals surface area contributed by atoms with Crippen molar-refractivity contribution in [2.24, 2.45) is 0 Å². The molecule has 1 aliphatic rings. The Labute approximate surface area is 225 Å². The smallest absolute Gasteiger partial charge is 0.244 e. The summed E-state index contributed by atoms with van der Waals surface area (Å²) in [7, 11) is -2.26. The molecule has 8 nitrogen and oxygen atoms in total. The maximum Gasteiger partial charge on any atom is 0.244 e. The van der Waals surface area contributed by atoms with Crippen molar-refractivity contribution in [3.63, 3.8) is 0 Å². The van der Waals surface area contributed by atoms with Gasteiger partial charge in [0, 0.05) is 17.6 Å². The van der Waals surface area contributed by atoms with E-state index in [2.05, 4.69) is 5.32 Å². The van der Waals surface area contributed by atoms with Gasteiger partial charge in [-0.15, -0.1) is 0 Å². The summed E-state index contributed by atoms with van der Waals surface area (Å²) < 4.78 is 31.9. The van der Waals surface area contributed by atoms with Crippen molar-refractivity contribution >= 4 is 39.1 Å². The molecule has 1 saturated carbocycles. The van der Waals surface area contributed by atoms with Crippen LogP contribution in [0.3, 0.4) is 0 Å². The normalized spacial score (nSPS) is 14.7. The molecule has 10 heteroatoms. The maximum absolute atomic E-state index is 13.8. The Bertz CT molecular complexity index is 1200. The summed E-state index contributed by atoms with van der Waals surface area (Å²) in [6.07, 6.45) is 5.42. The third-order valence-electron chi connectivity index (χ3n) is 6.72. The average Bonchev–Trinajstić information content (AvgIpc) is 3.36. The van der Waals surface area contributed by atoms with E-state index in [1.165, 1.54) is 11.0 Å². The summed E-state index contributed by atoms with van der Waals surface area (Å²) in [6.45, 7) is 3.30. The van der Waals surface area contributed by atoms with Crippen molar-refractivity contribution < 1.29 is 22.7 Å². The van der Waals surface area contributed by atoms with Crippen LogP contribution in [0.15, 0.2) is 42.5 Å². The topological polar surface area (TPSA) is 96.0 Å². The number of nitrogens with zero attached hydrogens (tertiary/aromatic N) is 2. The van der Waals surface area contributed by atoms with E-state index in [1.54, 1.807) is 38.3 Å². The molecule has 2 aromatic rings. The quantitative estimate of drug-likeness (QED) is 0.451. The van der Waals surface area contributed by atoms with Crippen molar-refractivity contribution in [2.75, 3.05) is 24.2 Å². The number of anilines is 1. The number of benzene rings is 2. The number of rotatable bonds is 11. The van der Waals surface area contributed by atoms with Gasteiger partial charge in [-0.3, -0.25) is 13.9 Å². The van der Waals surface area contributed by atoms with E-state index in [0.29, 0.717) is 28.4 Å². The van der Waals surface area contributed by atoms with Crippen LogP contribution in [-0.2, 0) is 26.2 Å². The van der Waals surface area contributed by atoms with E-state index in [1.807, 2.05) is 19.1 Å². The van der Waals surface area contributed by atoms with Crippen LogP contribution in [0, 0.1) is 6.92 Å². The van der Waals surface area contributed by atoms with Crippen LogP contribution in [0.1, 0.15) is 50.2 Å². The highest BCUT2D eigenvalue weighted by atomic mass is 35.5. The molecule has 2 aromatic carbocycles. The molecular formula is C27H36ClN3O5S. The highest BCUT2D eigenvalue weighted by molar-refractivity contribution is 7.92. The fourth-order valence-corrected chi connectivity index (χ4v) is 5.73. The molecule has 0 aliphatic heterocycles. The second kappa shape index (κ2) is 12.6. The minimum absolute atomic E-state index is 0.0983. The van der Waals surface area contributed by atoms with E-state index >= 15 is 0 Å². The molecule has 202 valence electrons. The summed E-state index contributed by atoms with van der Waals surface area (Å²) in [4.78, 5) is 28.6. The number of halogens is 1. The minimum atomic E-state index is -3.83. The Kier molecular flexibility index (Phi) is 9.84. The first-order chi connectivity index (χ1) is 17.5. The molecule has 1 N–H and O–H groups in total. The van der Waals surface area contributed by atoms with Gasteiger partial charge in [0.2, 0.25) is 21.8 Å². The largest absolute Gasteiger partial charge is 0.497 e. The van der Waals surface area contributed by atoms with Gasteiger partial charge in [0.1, 0.15) is 18.3 Å². The van der Waals surface area contributed by atoms with Gasteiger partial charge in [0.15, 0.2) is 0 Å². The van der Waals surface area contributed by atoms with Gasteiger partial charge in [-0.05, 0) is 61.6 Å². The Morgan fingerprint density at radius 3 is 2.35 bits per heavy atom. The van der Waals surface area contributed by atoms with Crippen molar-refractivity contribution in [1.82, 2.24) is 10.2 Å². The highest BCUT2D eigenvalue weighted by Gasteiger charge is 2.33. The van der Waals surface area contributed by atoms with Crippen LogP contribution in [0.2, 0.25) is 5.02 Å². The van der Waals surface area contributed by atoms with E-state index in [-0.39, 0.29) is 18.5 Å². The van der Waals surface area contributed by atoms with E-state index < -0.39 is 28.5 Å². The molecule has 0 saturated heterocycles. The Balaban J connectivity index is 1.94. The summed E-state index contributed by atoms with van der Waals surface area (Å²) in [5, 5.41) is 3.46. The average molecular weight is 550 g/mol. The van der Waals surface area contributed by atoms with Crippen LogP contribution < -0.4 is 14.4 Å². The van der Waals surface area contributed by atoms with Gasteiger partial charge in [-0.2, -0.15) is 0 Å². The van der Waals surface area contributed by atoms with Gasteiger partial charge >= 0.3 is 0 Å². The zero-order valence-electron chi connectivity index (χ0n) is 21.9. The van der Waals surface area contributed by atoms with Crippen LogP contribution in [0.5, 0.6) is 5.75 Å². The lowest BCUT2D eigenvalue weighted by atomic mass is 10.1. The van der Waals surface area contributed by atoms with Crippen molar-refractivity contribution in [3.05, 3.63) is 58.6 Å². The molecule has 37 heavy (non-hydrogen) atoms. The number of aryl methyl sites for hydroxylation is 1. The molecule has 0 bridgehead atoms. The van der Waals surface area contributed by atoms with Gasteiger partial charge in [-0.25, -0.2) is 8.42 Å². The fraction of sp³-hybridized carbons (Fsp3) is 0.481. The predicted molar refractivity (Wildman–Crippen MR) is 146 cm³/mol. The van der Waals surface area contributed by atoms with Crippen LogP contribution in [0.4, 0.5) is 5.69 Å². The van der Waals surface area contributed by atoms with Gasteiger partial charge < -0.3 is 15.0 Å². The maximum atomic E-state index is 13.8. The summed E-state index contributed by atoms with van der Waals surface area (Å²) in [6, 6.07) is 11.5. The first kappa shape index (κ1) is 28.8. The minimum Gasteiger partial charge on any atom is -0.497 e. The van der Waals surface area contributed by atoms with Crippen molar-refractivity contribution in [3.8, 4) is 5.75 Å². The fourth-order valence-electron chi connectivity index (χ4n) is 4.66. The molecule has 1 unspecified atom stereocenters. The number of hydrogen-bond donors (Lipinski definition) is 1. The molecule has 1 fully saturated rings. The lowest BCUT2D eigenvalue weighted by Crippen LogP contribution is -2.53. The summed E-state index contributed by atoms with van der Waals surface area (Å²) in [5.74, 6) is -0.0255. The molecule has 0 radical (unpaired) electrons. The zero-order chi connectivity index (χ0) is 27.2. The number of amides is 2. The molecule has 0 heterocycles. The van der Waals surface area contributed by atoms with E-state index in [9.17, 15) is 18.0 Å². The van der Waals surface area contributed by atoms with Crippen LogP contribution in [0.25, 0.3) is 0 Å². The van der Waals surface area contributed by atoms with Crippen LogP contribution in [-0.4, -0.2) is 57.1 Å². The number of sulfonamides is 1. The molecule has 1 aliphatic carbocycles. The number of hydrogen-bond acceptors (Lipinski definition) is 5. The van der Waals surface area contributed by atoms with Gasteiger partial charge in [0.25, 0.3) is 0 Å². The third-order valence-corrected chi connectivity index (χ3v) is 8.08. The number of carbonyl (C=O) groups excluding carboxylic acids is 2. The van der Waals surface area contributed by atoms with Crippen molar-refractivity contribution in [1.29, 1.82) is 0 Å². The molecule has 2 amide bonds. The van der Waals surface area contributed by atoms with E-state index in [4.69, 9.17) is 16.3 Å².